The van der Waals surface area contributed by atoms with Gasteiger partial charge in [0.1, 0.15) is 0 Å². The second-order valence-corrected chi connectivity index (χ2v) is 8.10. The summed E-state index contributed by atoms with van der Waals surface area (Å²) in [6.45, 7) is 6.02. The van der Waals surface area contributed by atoms with E-state index in [-0.39, 0.29) is 11.9 Å². The monoisotopic (exact) mass is 369 g/mol. The molecule has 1 N–H and O–H groups in total. The van der Waals surface area contributed by atoms with Crippen LogP contribution in [0.3, 0.4) is 0 Å². The maximum absolute atomic E-state index is 12.4. The number of aryl methyl sites for hydroxylation is 3. The van der Waals surface area contributed by atoms with Crippen LogP contribution in [-0.4, -0.2) is 39.8 Å². The highest BCUT2D eigenvalue weighted by Gasteiger charge is 2.24. The first-order valence-corrected chi connectivity index (χ1v) is 9.73. The van der Waals surface area contributed by atoms with Crippen LogP contribution in [0.15, 0.2) is 24.5 Å². The third-order valence-corrected chi connectivity index (χ3v) is 5.88. The first-order chi connectivity index (χ1) is 12.5. The number of thiazole rings is 1. The van der Waals surface area contributed by atoms with E-state index >= 15 is 0 Å². The average Bonchev–Trinajstić information content (AvgIpc) is 3.21. The number of carbonyl (C=O) groups is 1. The molecule has 3 aromatic rings. The number of benzene rings is 1. The van der Waals surface area contributed by atoms with Crippen LogP contribution in [0.4, 0.5) is 5.13 Å². The highest BCUT2D eigenvalue weighted by molar-refractivity contribution is 7.22. The molecule has 1 unspecified atom stereocenters. The van der Waals surface area contributed by atoms with Crippen molar-refractivity contribution < 1.29 is 4.79 Å². The highest BCUT2D eigenvalue weighted by Crippen LogP contribution is 2.32. The summed E-state index contributed by atoms with van der Waals surface area (Å²) < 4.78 is 2.88. The van der Waals surface area contributed by atoms with Gasteiger partial charge in [-0.05, 0) is 43.9 Å². The molecule has 26 heavy (non-hydrogen) atoms. The fourth-order valence-electron chi connectivity index (χ4n) is 3.57. The second-order valence-electron chi connectivity index (χ2n) is 7.09. The number of fused-ring (bicyclic) bond motifs is 1. The molecule has 0 saturated carbocycles. The SMILES string of the molecule is Cc1cc(C)c2nc(N3CCCC(NC(=O)c4cnn(C)c4)C3)sc2c1. The van der Waals surface area contributed by atoms with Crippen LogP contribution in [0, 0.1) is 13.8 Å². The Morgan fingerprint density at radius 2 is 2.19 bits per heavy atom. The fraction of sp³-hybridized carbons (Fsp3) is 0.421. The molecular formula is C19H23N5OS. The number of aromatic nitrogens is 3. The topological polar surface area (TPSA) is 63.1 Å². The normalized spacial score (nSPS) is 17.7. The van der Waals surface area contributed by atoms with E-state index in [0.29, 0.717) is 5.56 Å². The predicted molar refractivity (Wildman–Crippen MR) is 105 cm³/mol. The van der Waals surface area contributed by atoms with E-state index in [1.807, 2.05) is 7.05 Å². The Hall–Kier alpha value is -2.41. The Kier molecular flexibility index (Phi) is 4.40. The summed E-state index contributed by atoms with van der Waals surface area (Å²) in [5.74, 6) is -0.0549. The number of anilines is 1. The minimum atomic E-state index is -0.0549. The van der Waals surface area contributed by atoms with E-state index in [1.54, 1.807) is 28.4 Å². The molecule has 1 aliphatic heterocycles. The van der Waals surface area contributed by atoms with E-state index in [2.05, 4.69) is 41.3 Å². The molecule has 1 atom stereocenters. The number of amides is 1. The van der Waals surface area contributed by atoms with E-state index < -0.39 is 0 Å². The summed E-state index contributed by atoms with van der Waals surface area (Å²) in [6, 6.07) is 4.51. The molecule has 0 aliphatic carbocycles. The Morgan fingerprint density at radius 3 is 2.96 bits per heavy atom. The summed E-state index contributed by atoms with van der Waals surface area (Å²) in [4.78, 5) is 19.6. The molecule has 1 fully saturated rings. The number of carbonyl (C=O) groups excluding carboxylic acids is 1. The highest BCUT2D eigenvalue weighted by atomic mass is 32.1. The van der Waals surface area contributed by atoms with Crippen LogP contribution >= 0.6 is 11.3 Å². The Bertz CT molecular complexity index is 960. The summed E-state index contributed by atoms with van der Waals surface area (Å²) in [7, 11) is 1.82. The quantitative estimate of drug-likeness (QED) is 0.771. The molecule has 136 valence electrons. The van der Waals surface area contributed by atoms with Crippen molar-refractivity contribution in [3.8, 4) is 0 Å². The van der Waals surface area contributed by atoms with Gasteiger partial charge in [-0.25, -0.2) is 4.98 Å². The molecule has 1 aromatic carbocycles. The number of hydrogen-bond acceptors (Lipinski definition) is 5. The van der Waals surface area contributed by atoms with E-state index in [4.69, 9.17) is 4.98 Å². The van der Waals surface area contributed by atoms with E-state index in [0.717, 1.165) is 36.6 Å². The second kappa shape index (κ2) is 6.72. The zero-order chi connectivity index (χ0) is 18.3. The van der Waals surface area contributed by atoms with Crippen LogP contribution < -0.4 is 10.2 Å². The number of piperidine rings is 1. The van der Waals surface area contributed by atoms with Crippen molar-refractivity contribution >= 4 is 32.6 Å². The molecule has 1 aliphatic rings. The van der Waals surface area contributed by atoms with Gasteiger partial charge < -0.3 is 10.2 Å². The zero-order valence-electron chi connectivity index (χ0n) is 15.3. The van der Waals surface area contributed by atoms with Crippen molar-refractivity contribution in [2.75, 3.05) is 18.0 Å². The van der Waals surface area contributed by atoms with Crippen LogP contribution in [0.5, 0.6) is 0 Å². The van der Waals surface area contributed by atoms with Crippen molar-refractivity contribution in [2.24, 2.45) is 7.05 Å². The molecule has 0 spiro atoms. The smallest absolute Gasteiger partial charge is 0.254 e. The summed E-state index contributed by atoms with van der Waals surface area (Å²) >= 11 is 1.74. The minimum Gasteiger partial charge on any atom is -0.347 e. The molecule has 0 bridgehead atoms. The van der Waals surface area contributed by atoms with Crippen molar-refractivity contribution in [1.29, 1.82) is 0 Å². The third-order valence-electron chi connectivity index (χ3n) is 4.81. The van der Waals surface area contributed by atoms with Crippen molar-refractivity contribution in [1.82, 2.24) is 20.1 Å². The van der Waals surface area contributed by atoms with Gasteiger partial charge in [0, 0.05) is 32.4 Å². The summed E-state index contributed by atoms with van der Waals surface area (Å²) in [6.07, 6.45) is 5.39. The van der Waals surface area contributed by atoms with Gasteiger partial charge >= 0.3 is 0 Å². The van der Waals surface area contributed by atoms with Crippen LogP contribution in [0.1, 0.15) is 34.3 Å². The molecule has 2 aromatic heterocycles. The van der Waals surface area contributed by atoms with Gasteiger partial charge in [0.15, 0.2) is 5.13 Å². The maximum atomic E-state index is 12.4. The molecule has 0 radical (unpaired) electrons. The fourth-order valence-corrected chi connectivity index (χ4v) is 4.75. The maximum Gasteiger partial charge on any atom is 0.254 e. The van der Waals surface area contributed by atoms with Gasteiger partial charge in [0.2, 0.25) is 0 Å². The lowest BCUT2D eigenvalue weighted by Crippen LogP contribution is -2.47. The van der Waals surface area contributed by atoms with Gasteiger partial charge in [-0.2, -0.15) is 5.10 Å². The predicted octanol–water partition coefficient (Wildman–Crippen LogP) is 3.05. The van der Waals surface area contributed by atoms with Crippen LogP contribution in [0.2, 0.25) is 0 Å². The van der Waals surface area contributed by atoms with Gasteiger partial charge in [-0.15, -0.1) is 0 Å². The molecule has 3 heterocycles. The van der Waals surface area contributed by atoms with Crippen molar-refractivity contribution in [3.63, 3.8) is 0 Å². The lowest BCUT2D eigenvalue weighted by atomic mass is 10.1. The van der Waals surface area contributed by atoms with Crippen molar-refractivity contribution in [2.45, 2.75) is 32.7 Å². The number of rotatable bonds is 3. The zero-order valence-corrected chi connectivity index (χ0v) is 16.1. The summed E-state index contributed by atoms with van der Waals surface area (Å²) in [5, 5.41) is 8.27. The van der Waals surface area contributed by atoms with Gasteiger partial charge in [0.05, 0.1) is 22.0 Å². The molecule has 1 amide bonds. The Balaban J connectivity index is 1.50. The van der Waals surface area contributed by atoms with Gasteiger partial charge in [-0.1, -0.05) is 17.4 Å². The van der Waals surface area contributed by atoms with Gasteiger partial charge in [0.25, 0.3) is 5.91 Å². The Morgan fingerprint density at radius 1 is 1.35 bits per heavy atom. The van der Waals surface area contributed by atoms with E-state index in [1.165, 1.54) is 15.8 Å². The van der Waals surface area contributed by atoms with Gasteiger partial charge in [-0.3, -0.25) is 9.48 Å². The largest absolute Gasteiger partial charge is 0.347 e. The number of nitrogens with zero attached hydrogens (tertiary/aromatic N) is 4. The molecule has 7 heteroatoms. The Labute approximate surface area is 156 Å². The first kappa shape index (κ1) is 17.0. The number of hydrogen-bond donors (Lipinski definition) is 1. The lowest BCUT2D eigenvalue weighted by Gasteiger charge is -2.32. The van der Waals surface area contributed by atoms with Crippen LogP contribution in [-0.2, 0) is 7.05 Å². The molecular weight excluding hydrogens is 346 g/mol. The molecule has 6 nitrogen and oxygen atoms in total. The third kappa shape index (κ3) is 3.31. The first-order valence-electron chi connectivity index (χ1n) is 8.92. The number of nitrogens with one attached hydrogen (secondary N) is 1. The minimum absolute atomic E-state index is 0.0549. The molecule has 1 saturated heterocycles. The van der Waals surface area contributed by atoms with Crippen LogP contribution in [0.25, 0.3) is 10.2 Å². The summed E-state index contributed by atoms with van der Waals surface area (Å²) in [5.41, 5.74) is 4.19. The molecule has 4 rings (SSSR count). The average molecular weight is 369 g/mol. The van der Waals surface area contributed by atoms with Crippen molar-refractivity contribution in [3.05, 3.63) is 41.2 Å². The standard InChI is InChI=1S/C19H23N5OS/c1-12-7-13(2)17-16(8-12)26-19(22-17)24-6-4-5-15(11-24)21-18(25)14-9-20-23(3)10-14/h7-10,15H,4-6,11H2,1-3H3,(H,21,25). The lowest BCUT2D eigenvalue weighted by molar-refractivity contribution is 0.0933. The van der Waals surface area contributed by atoms with E-state index in [9.17, 15) is 4.79 Å².